The maximum Gasteiger partial charge on any atom is 0.328 e. The lowest BCUT2D eigenvalue weighted by molar-refractivity contribution is -0.146. The number of carbonyl (C=O) groups excluding carboxylic acids is 2. The van der Waals surface area contributed by atoms with Gasteiger partial charge in [0, 0.05) is 5.56 Å². The summed E-state index contributed by atoms with van der Waals surface area (Å²) in [4.78, 5) is 28.7. The van der Waals surface area contributed by atoms with Crippen molar-refractivity contribution in [2.45, 2.75) is 39.7 Å². The van der Waals surface area contributed by atoms with Crippen molar-refractivity contribution in [1.29, 1.82) is 0 Å². The maximum atomic E-state index is 12.4. The summed E-state index contributed by atoms with van der Waals surface area (Å²) in [5.41, 5.74) is 1.41. The van der Waals surface area contributed by atoms with Crippen molar-refractivity contribution in [2.75, 3.05) is 7.11 Å². The van der Waals surface area contributed by atoms with E-state index in [1.54, 1.807) is 6.92 Å². The number of aryl methyl sites for hydroxylation is 1. The quantitative estimate of drug-likeness (QED) is 0.781. The number of nitrogens with one attached hydrogen (secondary N) is 1. The lowest BCUT2D eigenvalue weighted by Crippen LogP contribution is -2.46. The van der Waals surface area contributed by atoms with Crippen LogP contribution in [0.2, 0.25) is 0 Å². The number of carbonyl (C=O) groups is 2. The Morgan fingerprint density at radius 2 is 1.96 bits per heavy atom. The van der Waals surface area contributed by atoms with E-state index in [2.05, 4.69) is 10.3 Å². The maximum absolute atomic E-state index is 12.4. The fourth-order valence-electron chi connectivity index (χ4n) is 2.47. The Kier molecular flexibility index (Phi) is 6.33. The number of ether oxygens (including phenoxy) is 1. The Bertz CT molecular complexity index is 724. The minimum Gasteiger partial charge on any atom is -0.467 e. The first-order valence-electron chi connectivity index (χ1n) is 8.35. The molecule has 6 heteroatoms. The van der Waals surface area contributed by atoms with Crippen LogP contribution in [0.3, 0.4) is 0 Å². The van der Waals surface area contributed by atoms with Gasteiger partial charge in [-0.1, -0.05) is 38.5 Å². The van der Waals surface area contributed by atoms with Gasteiger partial charge in [0.2, 0.25) is 11.8 Å². The minimum absolute atomic E-state index is 0.0188. The molecule has 0 bridgehead atoms. The fraction of sp³-hybridized carbons (Fsp3) is 0.421. The van der Waals surface area contributed by atoms with Crippen LogP contribution in [0.1, 0.15) is 31.7 Å². The van der Waals surface area contributed by atoms with Crippen molar-refractivity contribution in [3.63, 3.8) is 0 Å². The van der Waals surface area contributed by atoms with Crippen molar-refractivity contribution in [2.24, 2.45) is 5.92 Å². The Hall–Kier alpha value is -2.63. The molecule has 6 nitrogen and oxygen atoms in total. The Balaban J connectivity index is 2.10. The minimum atomic E-state index is -0.664. The van der Waals surface area contributed by atoms with Crippen molar-refractivity contribution in [1.82, 2.24) is 10.3 Å². The number of rotatable bonds is 7. The van der Waals surface area contributed by atoms with Gasteiger partial charge in [0.15, 0.2) is 0 Å². The molecule has 1 aromatic carbocycles. The molecule has 1 heterocycles. The van der Waals surface area contributed by atoms with Crippen molar-refractivity contribution >= 4 is 11.9 Å². The van der Waals surface area contributed by atoms with E-state index in [-0.39, 0.29) is 18.2 Å². The molecule has 0 aliphatic carbocycles. The van der Waals surface area contributed by atoms with Gasteiger partial charge in [-0.05, 0) is 25.0 Å². The first-order valence-corrected chi connectivity index (χ1v) is 8.35. The van der Waals surface area contributed by atoms with Crippen LogP contribution in [0.15, 0.2) is 34.7 Å². The summed E-state index contributed by atoms with van der Waals surface area (Å²) < 4.78 is 10.4. The average molecular weight is 344 g/mol. The number of benzene rings is 1. The van der Waals surface area contributed by atoms with Crippen LogP contribution < -0.4 is 5.32 Å². The van der Waals surface area contributed by atoms with Crippen LogP contribution in [-0.2, 0) is 20.7 Å². The topological polar surface area (TPSA) is 81.4 Å². The number of nitrogens with zero attached hydrogens (tertiary/aromatic N) is 1. The summed E-state index contributed by atoms with van der Waals surface area (Å²) in [5.74, 6) is 0.324. The van der Waals surface area contributed by atoms with E-state index in [1.807, 2.05) is 44.2 Å². The van der Waals surface area contributed by atoms with Crippen LogP contribution in [0.5, 0.6) is 0 Å². The monoisotopic (exact) mass is 344 g/mol. The molecule has 1 aromatic heterocycles. The van der Waals surface area contributed by atoms with Gasteiger partial charge in [0.05, 0.1) is 19.2 Å². The number of hydrogen-bond donors (Lipinski definition) is 1. The summed E-state index contributed by atoms with van der Waals surface area (Å²) >= 11 is 0. The van der Waals surface area contributed by atoms with Gasteiger partial charge in [0.25, 0.3) is 0 Å². The fourth-order valence-corrected chi connectivity index (χ4v) is 2.47. The van der Waals surface area contributed by atoms with E-state index in [9.17, 15) is 9.59 Å². The average Bonchev–Trinajstić information content (AvgIpc) is 2.99. The van der Waals surface area contributed by atoms with Crippen LogP contribution in [0.25, 0.3) is 11.5 Å². The lowest BCUT2D eigenvalue weighted by Gasteiger charge is -2.21. The Morgan fingerprint density at radius 1 is 1.28 bits per heavy atom. The largest absolute Gasteiger partial charge is 0.467 e. The number of hydrogen-bond acceptors (Lipinski definition) is 5. The van der Waals surface area contributed by atoms with E-state index in [0.29, 0.717) is 17.3 Å². The molecule has 0 aliphatic heterocycles. The van der Waals surface area contributed by atoms with Gasteiger partial charge in [0.1, 0.15) is 11.8 Å². The van der Waals surface area contributed by atoms with Gasteiger partial charge in [-0.25, -0.2) is 9.78 Å². The molecule has 2 rings (SSSR count). The summed E-state index contributed by atoms with van der Waals surface area (Å²) in [6, 6.07) is 8.83. The highest BCUT2D eigenvalue weighted by Crippen LogP contribution is 2.21. The third-order valence-corrected chi connectivity index (χ3v) is 4.23. The van der Waals surface area contributed by atoms with E-state index >= 15 is 0 Å². The molecule has 0 radical (unpaired) electrons. The van der Waals surface area contributed by atoms with Crippen LogP contribution in [0.4, 0.5) is 0 Å². The summed E-state index contributed by atoms with van der Waals surface area (Å²) in [7, 11) is 1.32. The standard InChI is InChI=1S/C19H24N2O4/c1-5-12(2)17(19(23)24-4)21-16(22)11-15-13(3)25-18(20-15)14-9-7-6-8-10-14/h6-10,12,17H,5,11H2,1-4H3,(H,21,22)/t12-,17-/m0/s1. The summed E-state index contributed by atoms with van der Waals surface area (Å²) in [6.45, 7) is 5.63. The molecule has 0 saturated carbocycles. The van der Waals surface area contributed by atoms with Crippen molar-refractivity contribution in [3.8, 4) is 11.5 Å². The molecular formula is C19H24N2O4. The van der Waals surface area contributed by atoms with E-state index in [4.69, 9.17) is 9.15 Å². The van der Waals surface area contributed by atoms with Gasteiger partial charge in [-0.15, -0.1) is 0 Å². The summed E-state index contributed by atoms with van der Waals surface area (Å²) in [6.07, 6.45) is 0.799. The third kappa shape index (κ3) is 4.68. The van der Waals surface area contributed by atoms with Gasteiger partial charge in [-0.2, -0.15) is 0 Å². The second kappa shape index (κ2) is 8.46. The zero-order valence-corrected chi connectivity index (χ0v) is 15.0. The predicted octanol–water partition coefficient (Wildman–Crippen LogP) is 2.90. The van der Waals surface area contributed by atoms with Crippen molar-refractivity contribution < 1.29 is 18.7 Å². The highest BCUT2D eigenvalue weighted by molar-refractivity contribution is 5.85. The number of oxazole rings is 1. The van der Waals surface area contributed by atoms with Crippen LogP contribution in [-0.4, -0.2) is 30.0 Å². The first kappa shape index (κ1) is 18.7. The van der Waals surface area contributed by atoms with Crippen molar-refractivity contribution in [3.05, 3.63) is 41.8 Å². The second-order valence-corrected chi connectivity index (χ2v) is 6.02. The predicted molar refractivity (Wildman–Crippen MR) is 93.8 cm³/mol. The summed E-state index contributed by atoms with van der Waals surface area (Å²) in [5, 5.41) is 2.75. The third-order valence-electron chi connectivity index (χ3n) is 4.23. The van der Waals surface area contributed by atoms with Gasteiger partial charge in [-0.3, -0.25) is 4.79 Å². The zero-order valence-electron chi connectivity index (χ0n) is 15.0. The molecule has 134 valence electrons. The molecule has 2 aromatic rings. The smallest absolute Gasteiger partial charge is 0.328 e. The van der Waals surface area contributed by atoms with E-state index in [1.165, 1.54) is 7.11 Å². The normalized spacial score (nSPS) is 13.1. The zero-order chi connectivity index (χ0) is 18.4. The molecule has 0 unspecified atom stereocenters. The number of aromatic nitrogens is 1. The number of methoxy groups -OCH3 is 1. The van der Waals surface area contributed by atoms with Crippen LogP contribution in [0, 0.1) is 12.8 Å². The molecule has 2 atom stereocenters. The lowest BCUT2D eigenvalue weighted by atomic mass is 9.99. The molecule has 0 aliphatic rings. The van der Waals surface area contributed by atoms with Gasteiger partial charge >= 0.3 is 5.97 Å². The molecule has 1 N–H and O–H groups in total. The highest BCUT2D eigenvalue weighted by atomic mass is 16.5. The Labute approximate surface area is 147 Å². The molecule has 0 fully saturated rings. The van der Waals surface area contributed by atoms with Gasteiger partial charge < -0.3 is 14.5 Å². The highest BCUT2D eigenvalue weighted by Gasteiger charge is 2.27. The van der Waals surface area contributed by atoms with Crippen LogP contribution >= 0.6 is 0 Å². The number of esters is 1. The first-order chi connectivity index (χ1) is 12.0. The Morgan fingerprint density at radius 3 is 2.56 bits per heavy atom. The SMILES string of the molecule is CC[C@H](C)[C@H](NC(=O)Cc1nc(-c2ccccc2)oc1C)C(=O)OC. The molecule has 1 amide bonds. The van der Waals surface area contributed by atoms with E-state index in [0.717, 1.165) is 12.0 Å². The second-order valence-electron chi connectivity index (χ2n) is 6.02. The van der Waals surface area contributed by atoms with E-state index < -0.39 is 12.0 Å². The molecule has 0 spiro atoms. The number of amides is 1. The molecule has 0 saturated heterocycles. The molecule has 25 heavy (non-hydrogen) atoms. The molecular weight excluding hydrogens is 320 g/mol.